The number of aromatic nitrogens is 3. The van der Waals surface area contributed by atoms with Crippen LogP contribution in [0.4, 0.5) is 0 Å². The average Bonchev–Trinajstić information content (AvgIpc) is 3.17. The number of carbonyl (C=O) groups is 1. The molecule has 0 saturated heterocycles. The first kappa shape index (κ1) is 19.0. The van der Waals surface area contributed by atoms with Gasteiger partial charge in [-0.2, -0.15) is 0 Å². The van der Waals surface area contributed by atoms with Crippen molar-refractivity contribution >= 4 is 28.8 Å². The molecule has 0 saturated carbocycles. The van der Waals surface area contributed by atoms with Crippen LogP contribution in [0.15, 0.2) is 76.8 Å². The van der Waals surface area contributed by atoms with Crippen molar-refractivity contribution in [1.82, 2.24) is 14.5 Å². The molecule has 0 spiro atoms. The molecule has 0 aliphatic rings. The molecule has 0 aliphatic heterocycles. The molecule has 0 atom stereocenters. The van der Waals surface area contributed by atoms with Gasteiger partial charge in [0, 0.05) is 24.1 Å². The molecule has 0 unspecified atom stereocenters. The number of hydrogen-bond donors (Lipinski definition) is 2. The molecular weight excluding hydrogens is 386 g/mol. The van der Waals surface area contributed by atoms with Crippen LogP contribution >= 0.6 is 11.8 Å². The van der Waals surface area contributed by atoms with Gasteiger partial charge in [0.05, 0.1) is 6.42 Å². The van der Waals surface area contributed by atoms with Gasteiger partial charge in [0.25, 0.3) is 5.56 Å². The first-order chi connectivity index (χ1) is 14.1. The van der Waals surface area contributed by atoms with Crippen LogP contribution in [0.25, 0.3) is 22.2 Å². The highest BCUT2D eigenvalue weighted by Crippen LogP contribution is 2.28. The molecule has 0 fully saturated rings. The molecule has 2 heterocycles. The molecule has 0 aliphatic carbocycles. The minimum atomic E-state index is -0.951. The van der Waals surface area contributed by atoms with Gasteiger partial charge in [0.1, 0.15) is 11.0 Å². The number of fused-ring (bicyclic) bond motifs is 1. The maximum absolute atomic E-state index is 13.1. The number of hydrogen-bond acceptors (Lipinski definition) is 4. The van der Waals surface area contributed by atoms with Gasteiger partial charge in [0.15, 0.2) is 5.16 Å². The highest BCUT2D eigenvalue weighted by Gasteiger charge is 2.17. The van der Waals surface area contributed by atoms with Crippen LogP contribution < -0.4 is 5.56 Å². The van der Waals surface area contributed by atoms with Gasteiger partial charge in [-0.1, -0.05) is 72.4 Å². The molecule has 146 valence electrons. The molecule has 4 aromatic rings. The van der Waals surface area contributed by atoms with E-state index in [-0.39, 0.29) is 18.5 Å². The largest absolute Gasteiger partial charge is 0.481 e. The molecule has 29 heavy (non-hydrogen) atoms. The molecule has 7 heteroatoms. The predicted octanol–water partition coefficient (Wildman–Crippen LogP) is 4.16. The van der Waals surface area contributed by atoms with Gasteiger partial charge in [-0.05, 0) is 11.1 Å². The molecule has 2 N–H and O–H groups in total. The second-order valence-electron chi connectivity index (χ2n) is 6.56. The van der Waals surface area contributed by atoms with Crippen molar-refractivity contribution in [2.75, 3.05) is 0 Å². The number of aromatic amines is 1. The number of H-pyrrole nitrogens is 1. The molecule has 0 bridgehead atoms. The van der Waals surface area contributed by atoms with Crippen molar-refractivity contribution in [2.45, 2.75) is 23.9 Å². The van der Waals surface area contributed by atoms with Crippen LogP contribution in [0.2, 0.25) is 0 Å². The summed E-state index contributed by atoms with van der Waals surface area (Å²) in [4.78, 5) is 32.0. The Morgan fingerprint density at radius 3 is 2.45 bits per heavy atom. The molecule has 0 amide bonds. The number of benzene rings is 2. The minimum absolute atomic E-state index is 0.0773. The van der Waals surface area contributed by atoms with Crippen molar-refractivity contribution in [1.29, 1.82) is 0 Å². The Kier molecular flexibility index (Phi) is 5.48. The van der Waals surface area contributed by atoms with E-state index in [0.717, 1.165) is 16.7 Å². The third-order valence-electron chi connectivity index (χ3n) is 4.59. The Morgan fingerprint density at radius 2 is 1.76 bits per heavy atom. The number of nitrogens with zero attached hydrogens (tertiary/aromatic N) is 2. The number of rotatable bonds is 7. The van der Waals surface area contributed by atoms with Gasteiger partial charge in [-0.15, -0.1) is 0 Å². The Balaban J connectivity index is 1.79. The van der Waals surface area contributed by atoms with Crippen LogP contribution in [0, 0.1) is 0 Å². The molecule has 0 radical (unpaired) electrons. The Morgan fingerprint density at radius 1 is 1.07 bits per heavy atom. The van der Waals surface area contributed by atoms with Crippen molar-refractivity contribution in [2.24, 2.45) is 0 Å². The van der Waals surface area contributed by atoms with Crippen molar-refractivity contribution in [3.63, 3.8) is 0 Å². The topological polar surface area (TPSA) is 88.0 Å². The van der Waals surface area contributed by atoms with E-state index >= 15 is 0 Å². The Labute approximate surface area is 171 Å². The zero-order valence-corrected chi connectivity index (χ0v) is 16.4. The first-order valence-corrected chi connectivity index (χ1v) is 10.2. The average molecular weight is 405 g/mol. The van der Waals surface area contributed by atoms with Crippen molar-refractivity contribution in [3.8, 4) is 11.1 Å². The molecule has 4 rings (SSSR count). The maximum Gasteiger partial charge on any atom is 0.305 e. The Hall–Kier alpha value is -3.32. The molecule has 2 aromatic carbocycles. The molecule has 6 nitrogen and oxygen atoms in total. The lowest BCUT2D eigenvalue weighted by Crippen LogP contribution is -2.24. The summed E-state index contributed by atoms with van der Waals surface area (Å²) in [6, 6.07) is 19.6. The van der Waals surface area contributed by atoms with Gasteiger partial charge >= 0.3 is 5.97 Å². The lowest BCUT2D eigenvalue weighted by atomic mass is 10.1. The fraction of sp³-hybridized carbons (Fsp3) is 0.136. The van der Waals surface area contributed by atoms with Crippen molar-refractivity contribution in [3.05, 3.63) is 82.8 Å². The van der Waals surface area contributed by atoms with Crippen LogP contribution in [0.3, 0.4) is 0 Å². The zero-order valence-electron chi connectivity index (χ0n) is 15.5. The number of carboxylic acids is 1. The van der Waals surface area contributed by atoms with E-state index < -0.39 is 5.97 Å². The molecule has 2 aromatic heterocycles. The van der Waals surface area contributed by atoms with E-state index in [1.807, 2.05) is 60.7 Å². The van der Waals surface area contributed by atoms with Crippen LogP contribution in [-0.4, -0.2) is 25.6 Å². The SMILES string of the molecule is O=C(O)CCn1c(SCc2ccccc2)nc2c(-c3ccccc3)c[nH]c2c1=O. The third kappa shape index (κ3) is 4.09. The lowest BCUT2D eigenvalue weighted by molar-refractivity contribution is -0.137. The van der Waals surface area contributed by atoms with Crippen molar-refractivity contribution < 1.29 is 9.90 Å². The smallest absolute Gasteiger partial charge is 0.305 e. The van der Waals surface area contributed by atoms with E-state index in [1.54, 1.807) is 6.20 Å². The zero-order chi connectivity index (χ0) is 20.2. The van der Waals surface area contributed by atoms with Gasteiger partial charge in [0.2, 0.25) is 0 Å². The monoisotopic (exact) mass is 405 g/mol. The summed E-state index contributed by atoms with van der Waals surface area (Å²) in [5.41, 5.74) is 3.65. The van der Waals surface area contributed by atoms with E-state index in [9.17, 15) is 9.59 Å². The molecular formula is C22H19N3O3S. The summed E-state index contributed by atoms with van der Waals surface area (Å²) in [6.07, 6.45) is 1.64. The van der Waals surface area contributed by atoms with E-state index in [2.05, 4.69) is 4.98 Å². The highest BCUT2D eigenvalue weighted by atomic mass is 32.2. The second-order valence-corrected chi connectivity index (χ2v) is 7.50. The van der Waals surface area contributed by atoms with Gasteiger partial charge in [-0.3, -0.25) is 14.2 Å². The summed E-state index contributed by atoms with van der Waals surface area (Å²) in [5, 5.41) is 9.60. The number of thioether (sulfide) groups is 1. The van der Waals surface area contributed by atoms with Gasteiger partial charge < -0.3 is 10.1 Å². The fourth-order valence-corrected chi connectivity index (χ4v) is 4.12. The van der Waals surface area contributed by atoms with E-state index in [0.29, 0.717) is 21.9 Å². The summed E-state index contributed by atoms with van der Waals surface area (Å²) in [6.45, 7) is 0.0773. The summed E-state index contributed by atoms with van der Waals surface area (Å²) < 4.78 is 1.45. The van der Waals surface area contributed by atoms with E-state index in [1.165, 1.54) is 16.3 Å². The quantitative estimate of drug-likeness (QED) is 0.356. The summed E-state index contributed by atoms with van der Waals surface area (Å²) in [7, 11) is 0. The highest BCUT2D eigenvalue weighted by molar-refractivity contribution is 7.98. The summed E-state index contributed by atoms with van der Waals surface area (Å²) >= 11 is 1.43. The van der Waals surface area contributed by atoms with Gasteiger partial charge in [-0.25, -0.2) is 4.98 Å². The first-order valence-electron chi connectivity index (χ1n) is 9.19. The number of carboxylic acid groups (broad SMARTS) is 1. The van der Waals surface area contributed by atoms with E-state index in [4.69, 9.17) is 10.1 Å². The number of aliphatic carboxylic acids is 1. The summed E-state index contributed by atoms with van der Waals surface area (Å²) in [5.74, 6) is -0.316. The normalized spacial score (nSPS) is 11.0. The fourth-order valence-electron chi connectivity index (χ4n) is 3.15. The van der Waals surface area contributed by atoms with Crippen LogP contribution in [0.5, 0.6) is 0 Å². The third-order valence-corrected chi connectivity index (χ3v) is 5.64. The second kappa shape index (κ2) is 8.36. The Bertz CT molecular complexity index is 1200. The number of nitrogens with one attached hydrogen (secondary N) is 1. The lowest BCUT2D eigenvalue weighted by Gasteiger charge is -2.11. The minimum Gasteiger partial charge on any atom is -0.481 e. The maximum atomic E-state index is 13.1. The predicted molar refractivity (Wildman–Crippen MR) is 114 cm³/mol. The van der Waals surface area contributed by atoms with Crippen LogP contribution in [0.1, 0.15) is 12.0 Å². The van der Waals surface area contributed by atoms with Crippen LogP contribution in [-0.2, 0) is 17.1 Å². The standard InChI is InChI=1S/C22H19N3O3S/c26-18(27)11-12-25-21(28)20-19(17(13-23-20)16-9-5-2-6-10-16)24-22(25)29-14-15-7-3-1-4-8-15/h1-10,13,23H,11-12,14H2,(H,26,27).